The van der Waals surface area contributed by atoms with Crippen molar-refractivity contribution < 1.29 is 14.6 Å². The molecule has 106 valence electrons. The van der Waals surface area contributed by atoms with Crippen molar-refractivity contribution in [3.05, 3.63) is 22.6 Å². The highest BCUT2D eigenvalue weighted by atomic mass is 16.5. The number of nitrogens with zero attached hydrogens (tertiary/aromatic N) is 3. The number of ether oxygens (including phenoxy) is 1. The molecule has 6 heteroatoms. The van der Waals surface area contributed by atoms with E-state index in [9.17, 15) is 9.90 Å². The van der Waals surface area contributed by atoms with E-state index in [4.69, 9.17) is 10.3 Å². The first-order valence-electron chi connectivity index (χ1n) is 6.76. The van der Waals surface area contributed by atoms with Gasteiger partial charge in [-0.05, 0) is 37.3 Å². The minimum atomic E-state index is -0.941. The fourth-order valence-corrected chi connectivity index (χ4v) is 2.46. The zero-order valence-corrected chi connectivity index (χ0v) is 11.2. The Bertz CT molecular complexity index is 358. The molecule has 1 aliphatic carbocycles. The Labute approximate surface area is 113 Å². The summed E-state index contributed by atoms with van der Waals surface area (Å²) in [5.74, 6) is -0.309. The molecule has 0 aromatic rings. The molecule has 2 atom stereocenters. The average Bonchev–Trinajstić information content (AvgIpc) is 2.43. The van der Waals surface area contributed by atoms with E-state index < -0.39 is 18.1 Å². The van der Waals surface area contributed by atoms with Crippen LogP contribution in [0.4, 0.5) is 0 Å². The monoisotopic (exact) mass is 267 g/mol. The Morgan fingerprint density at radius 3 is 2.79 bits per heavy atom. The quantitative estimate of drug-likeness (QED) is 0.263. The first-order valence-corrected chi connectivity index (χ1v) is 6.76. The Balaban J connectivity index is 2.64. The number of hydrogen-bond donors (Lipinski definition) is 1. The molecule has 0 unspecified atom stereocenters. The molecule has 6 nitrogen and oxygen atoms in total. The van der Waals surface area contributed by atoms with Gasteiger partial charge < -0.3 is 9.84 Å². The summed E-state index contributed by atoms with van der Waals surface area (Å²) in [6.07, 6.45) is 6.88. The number of rotatable bonds is 6. The average molecular weight is 267 g/mol. The Morgan fingerprint density at radius 1 is 1.53 bits per heavy atom. The van der Waals surface area contributed by atoms with E-state index in [2.05, 4.69) is 10.0 Å². The molecule has 1 rings (SSSR count). The molecule has 1 fully saturated rings. The van der Waals surface area contributed by atoms with Gasteiger partial charge in [-0.1, -0.05) is 24.4 Å². The molecule has 19 heavy (non-hydrogen) atoms. The topological polar surface area (TPSA) is 95.3 Å². The summed E-state index contributed by atoms with van der Waals surface area (Å²) in [5, 5.41) is 13.7. The van der Waals surface area contributed by atoms with Crippen LogP contribution in [-0.2, 0) is 9.53 Å². The Hall–Kier alpha value is -1.52. The van der Waals surface area contributed by atoms with Gasteiger partial charge >= 0.3 is 5.97 Å². The third kappa shape index (κ3) is 5.32. The molecular weight excluding hydrogens is 246 g/mol. The molecule has 1 saturated carbocycles. The van der Waals surface area contributed by atoms with E-state index in [0.29, 0.717) is 6.61 Å². The molecule has 0 radical (unpaired) electrons. The van der Waals surface area contributed by atoms with Gasteiger partial charge in [-0.2, -0.15) is 0 Å². The fraction of sp³-hybridized carbons (Fsp3) is 0.769. The Kier molecular flexibility index (Phi) is 7.00. The summed E-state index contributed by atoms with van der Waals surface area (Å²) in [7, 11) is 0. The van der Waals surface area contributed by atoms with E-state index >= 15 is 0 Å². The first-order chi connectivity index (χ1) is 9.19. The lowest BCUT2D eigenvalue weighted by Crippen LogP contribution is -2.31. The van der Waals surface area contributed by atoms with Gasteiger partial charge in [0.25, 0.3) is 0 Å². The van der Waals surface area contributed by atoms with E-state index in [1.807, 2.05) is 0 Å². The smallest absolute Gasteiger partial charge is 0.330 e. The third-order valence-electron chi connectivity index (χ3n) is 3.38. The number of hydrogen-bond acceptors (Lipinski definition) is 4. The zero-order valence-electron chi connectivity index (χ0n) is 11.2. The van der Waals surface area contributed by atoms with Crippen LogP contribution in [-0.4, -0.2) is 29.8 Å². The maximum absolute atomic E-state index is 11.2. The summed E-state index contributed by atoms with van der Waals surface area (Å²) < 4.78 is 4.74. The molecule has 0 aliphatic heterocycles. The zero-order chi connectivity index (χ0) is 14.1. The van der Waals surface area contributed by atoms with Crippen LogP contribution in [0.1, 0.15) is 39.0 Å². The van der Waals surface area contributed by atoms with Crippen molar-refractivity contribution in [2.24, 2.45) is 11.0 Å². The molecule has 0 aromatic heterocycles. The number of aliphatic hydroxyl groups excluding tert-OH is 1. The molecule has 0 saturated heterocycles. The van der Waals surface area contributed by atoms with Gasteiger partial charge in [0.1, 0.15) is 0 Å². The predicted molar refractivity (Wildman–Crippen MR) is 71.3 cm³/mol. The highest BCUT2D eigenvalue weighted by Crippen LogP contribution is 2.30. The lowest BCUT2D eigenvalue weighted by molar-refractivity contribution is -0.137. The second-order valence-electron chi connectivity index (χ2n) is 4.70. The van der Waals surface area contributed by atoms with Crippen LogP contribution < -0.4 is 0 Å². The first kappa shape index (κ1) is 15.5. The number of esters is 1. The van der Waals surface area contributed by atoms with Crippen LogP contribution in [0.5, 0.6) is 0 Å². The van der Waals surface area contributed by atoms with Gasteiger partial charge in [0.05, 0.1) is 18.8 Å². The number of carbonyl (C=O) groups is 1. The van der Waals surface area contributed by atoms with Crippen molar-refractivity contribution >= 4 is 5.97 Å². The van der Waals surface area contributed by atoms with Gasteiger partial charge in [0.15, 0.2) is 0 Å². The molecule has 1 N–H and O–H groups in total. The standard InChI is InChI=1S/C13H21N3O3/c1-2-19-12(18)9-8-11(17)13(15-16-14)10-6-4-3-5-7-10/h8-11,13,17H,2-7H2,1H3/b9-8+/t11-,13+/m1/s1. The van der Waals surface area contributed by atoms with Crippen LogP contribution in [0, 0.1) is 5.92 Å². The second-order valence-corrected chi connectivity index (χ2v) is 4.70. The Morgan fingerprint density at radius 2 is 2.21 bits per heavy atom. The minimum Gasteiger partial charge on any atom is -0.463 e. The van der Waals surface area contributed by atoms with Crippen LogP contribution >= 0.6 is 0 Å². The molecule has 0 bridgehead atoms. The summed E-state index contributed by atoms with van der Waals surface area (Å²) in [5.41, 5.74) is 8.61. The molecule has 0 heterocycles. The van der Waals surface area contributed by atoms with E-state index in [0.717, 1.165) is 25.7 Å². The van der Waals surface area contributed by atoms with Crippen molar-refractivity contribution in [3.8, 4) is 0 Å². The number of azide groups is 1. The third-order valence-corrected chi connectivity index (χ3v) is 3.38. The highest BCUT2D eigenvalue weighted by molar-refractivity contribution is 5.81. The summed E-state index contributed by atoms with van der Waals surface area (Å²) in [6, 6.07) is -0.504. The van der Waals surface area contributed by atoms with Crippen LogP contribution in [0.3, 0.4) is 0 Å². The van der Waals surface area contributed by atoms with Crippen LogP contribution in [0.25, 0.3) is 10.4 Å². The molecule has 1 aliphatic rings. The van der Waals surface area contributed by atoms with Crippen LogP contribution in [0.2, 0.25) is 0 Å². The van der Waals surface area contributed by atoms with Gasteiger partial charge in [-0.3, -0.25) is 0 Å². The SMILES string of the molecule is CCOC(=O)/C=C/[C@@H](O)[C@@H](N=[N+]=[N-])C1CCCCC1. The van der Waals surface area contributed by atoms with E-state index in [1.165, 1.54) is 18.6 Å². The van der Waals surface area contributed by atoms with Crippen molar-refractivity contribution in [1.29, 1.82) is 0 Å². The molecule has 0 spiro atoms. The summed E-state index contributed by atoms with van der Waals surface area (Å²) in [4.78, 5) is 14.0. The van der Waals surface area contributed by atoms with Crippen molar-refractivity contribution in [1.82, 2.24) is 0 Å². The van der Waals surface area contributed by atoms with Gasteiger partial charge in [0, 0.05) is 11.0 Å². The molecule has 0 amide bonds. The maximum atomic E-state index is 11.2. The van der Waals surface area contributed by atoms with Gasteiger partial charge in [-0.15, -0.1) is 0 Å². The van der Waals surface area contributed by atoms with Crippen molar-refractivity contribution in [2.75, 3.05) is 6.61 Å². The van der Waals surface area contributed by atoms with E-state index in [-0.39, 0.29) is 5.92 Å². The van der Waals surface area contributed by atoms with Gasteiger partial charge in [-0.25, -0.2) is 4.79 Å². The highest BCUT2D eigenvalue weighted by Gasteiger charge is 2.27. The number of aliphatic hydroxyl groups is 1. The fourth-order valence-electron chi connectivity index (χ4n) is 2.46. The largest absolute Gasteiger partial charge is 0.463 e. The molecule has 0 aromatic carbocycles. The second kappa shape index (κ2) is 8.56. The lowest BCUT2D eigenvalue weighted by atomic mass is 9.82. The summed E-state index contributed by atoms with van der Waals surface area (Å²) >= 11 is 0. The van der Waals surface area contributed by atoms with Gasteiger partial charge in [0.2, 0.25) is 0 Å². The van der Waals surface area contributed by atoms with E-state index in [1.54, 1.807) is 6.92 Å². The normalized spacial score (nSPS) is 19.7. The predicted octanol–water partition coefficient (Wildman–Crippen LogP) is 2.73. The van der Waals surface area contributed by atoms with Crippen LogP contribution in [0.15, 0.2) is 17.3 Å². The van der Waals surface area contributed by atoms with Crippen molar-refractivity contribution in [2.45, 2.75) is 51.2 Å². The number of carbonyl (C=O) groups excluding carboxylic acids is 1. The van der Waals surface area contributed by atoms with Crippen molar-refractivity contribution in [3.63, 3.8) is 0 Å². The lowest BCUT2D eigenvalue weighted by Gasteiger charge is -2.29. The maximum Gasteiger partial charge on any atom is 0.330 e. The summed E-state index contributed by atoms with van der Waals surface area (Å²) in [6.45, 7) is 2.01. The molecular formula is C13H21N3O3. The minimum absolute atomic E-state index is 0.187.